The summed E-state index contributed by atoms with van der Waals surface area (Å²) in [5.41, 5.74) is 8.49. The fraction of sp³-hybridized carbons (Fsp3) is 0.429. The van der Waals surface area contributed by atoms with Crippen molar-refractivity contribution in [1.82, 2.24) is 15.0 Å². The molecule has 0 amide bonds. The number of benzene rings is 1. The van der Waals surface area contributed by atoms with Gasteiger partial charge < -0.3 is 19.9 Å². The number of hydrogen-bond acceptors (Lipinski definition) is 6. The minimum Gasteiger partial charge on any atom is -0.454 e. The molecule has 0 spiro atoms. The van der Waals surface area contributed by atoms with Gasteiger partial charge in [0.1, 0.15) is 5.69 Å². The quantitative estimate of drug-likeness (QED) is 0.879. The minimum absolute atomic E-state index is 0.264. The molecule has 21 heavy (non-hydrogen) atoms. The first-order valence-corrected chi connectivity index (χ1v) is 6.95. The number of nitrogens with two attached hydrogens (primary N) is 1. The highest BCUT2D eigenvalue weighted by Crippen LogP contribution is 2.36. The highest BCUT2D eigenvalue weighted by Gasteiger charge is 2.23. The molecule has 3 heterocycles. The number of nitrogens with zero attached hydrogens (tertiary/aromatic N) is 3. The maximum atomic E-state index is 5.74. The van der Waals surface area contributed by atoms with Crippen LogP contribution in [0.3, 0.4) is 0 Å². The fourth-order valence-electron chi connectivity index (χ4n) is 2.65. The Bertz CT molecular complexity index is 670. The standard InChI is InChI=1S/C14H16N4O3/c15-4-9-5-18-11(7-19-6-9)14(16-17-18)10-1-2-12-13(3-10)21-8-20-12/h1-3,9H,4-8,15H2/t9-/m0/s1. The van der Waals surface area contributed by atoms with Crippen LogP contribution in [0.4, 0.5) is 0 Å². The normalized spacial score (nSPS) is 20.1. The Morgan fingerprint density at radius 3 is 3.10 bits per heavy atom. The molecule has 0 bridgehead atoms. The number of fused-ring (bicyclic) bond motifs is 2. The summed E-state index contributed by atoms with van der Waals surface area (Å²) < 4.78 is 18.3. The maximum absolute atomic E-state index is 5.74. The summed E-state index contributed by atoms with van der Waals surface area (Å²) in [6.07, 6.45) is 0. The molecular formula is C14H16N4O3. The molecule has 2 aliphatic heterocycles. The van der Waals surface area contributed by atoms with E-state index in [-0.39, 0.29) is 12.7 Å². The molecule has 1 atom stereocenters. The van der Waals surface area contributed by atoms with Gasteiger partial charge >= 0.3 is 0 Å². The van der Waals surface area contributed by atoms with E-state index < -0.39 is 0 Å². The van der Waals surface area contributed by atoms with Gasteiger partial charge in [0.05, 0.1) is 18.9 Å². The summed E-state index contributed by atoms with van der Waals surface area (Å²) >= 11 is 0. The average molecular weight is 288 g/mol. The monoisotopic (exact) mass is 288 g/mol. The Labute approximate surface area is 121 Å². The van der Waals surface area contributed by atoms with Gasteiger partial charge in [0, 0.05) is 18.0 Å². The van der Waals surface area contributed by atoms with Gasteiger partial charge in [-0.25, -0.2) is 4.68 Å². The average Bonchev–Trinajstić information content (AvgIpc) is 3.07. The van der Waals surface area contributed by atoms with Gasteiger partial charge in [-0.2, -0.15) is 0 Å². The van der Waals surface area contributed by atoms with Crippen molar-refractivity contribution < 1.29 is 14.2 Å². The van der Waals surface area contributed by atoms with Crippen LogP contribution in [-0.4, -0.2) is 34.9 Å². The zero-order valence-electron chi connectivity index (χ0n) is 11.5. The van der Waals surface area contributed by atoms with Gasteiger partial charge in [0.15, 0.2) is 11.5 Å². The van der Waals surface area contributed by atoms with Gasteiger partial charge in [0.25, 0.3) is 0 Å². The third kappa shape index (κ3) is 2.14. The molecule has 0 saturated carbocycles. The molecule has 2 aromatic rings. The van der Waals surface area contributed by atoms with E-state index in [2.05, 4.69) is 10.3 Å². The summed E-state index contributed by atoms with van der Waals surface area (Å²) in [4.78, 5) is 0. The first-order chi connectivity index (χ1) is 10.3. The Morgan fingerprint density at radius 2 is 2.19 bits per heavy atom. The van der Waals surface area contributed by atoms with Crippen molar-refractivity contribution in [3.05, 3.63) is 23.9 Å². The molecular weight excluding hydrogens is 272 g/mol. The van der Waals surface area contributed by atoms with E-state index in [9.17, 15) is 0 Å². The third-order valence-electron chi connectivity index (χ3n) is 3.84. The second kappa shape index (κ2) is 5.01. The van der Waals surface area contributed by atoms with Gasteiger partial charge in [0.2, 0.25) is 6.79 Å². The number of rotatable bonds is 2. The van der Waals surface area contributed by atoms with Crippen LogP contribution >= 0.6 is 0 Å². The van der Waals surface area contributed by atoms with Crippen molar-refractivity contribution in [2.24, 2.45) is 11.7 Å². The summed E-state index contributed by atoms with van der Waals surface area (Å²) in [6, 6.07) is 5.78. The molecule has 110 valence electrons. The molecule has 2 N–H and O–H groups in total. The summed E-state index contributed by atoms with van der Waals surface area (Å²) in [5.74, 6) is 1.78. The molecule has 0 unspecified atom stereocenters. The summed E-state index contributed by atoms with van der Waals surface area (Å²) in [5, 5.41) is 8.54. The minimum atomic E-state index is 0.264. The van der Waals surface area contributed by atoms with E-state index in [4.69, 9.17) is 19.9 Å². The predicted molar refractivity (Wildman–Crippen MR) is 73.8 cm³/mol. The molecule has 1 aromatic heterocycles. The van der Waals surface area contributed by atoms with Crippen LogP contribution in [0.15, 0.2) is 18.2 Å². The number of hydrogen-bond donors (Lipinski definition) is 1. The largest absolute Gasteiger partial charge is 0.454 e. The molecule has 7 heteroatoms. The number of ether oxygens (including phenoxy) is 3. The maximum Gasteiger partial charge on any atom is 0.231 e. The van der Waals surface area contributed by atoms with Crippen LogP contribution in [0, 0.1) is 5.92 Å². The Hall–Kier alpha value is -2.12. The van der Waals surface area contributed by atoms with E-state index in [0.717, 1.165) is 35.0 Å². The molecule has 7 nitrogen and oxygen atoms in total. The molecule has 0 saturated heterocycles. The van der Waals surface area contributed by atoms with Crippen LogP contribution < -0.4 is 15.2 Å². The van der Waals surface area contributed by atoms with Crippen molar-refractivity contribution in [2.75, 3.05) is 19.9 Å². The second-order valence-corrected chi connectivity index (χ2v) is 5.25. The lowest BCUT2D eigenvalue weighted by molar-refractivity contribution is 0.0970. The smallest absolute Gasteiger partial charge is 0.231 e. The lowest BCUT2D eigenvalue weighted by Crippen LogP contribution is -2.23. The van der Waals surface area contributed by atoms with E-state index in [1.54, 1.807) is 0 Å². The van der Waals surface area contributed by atoms with E-state index in [0.29, 0.717) is 19.8 Å². The SMILES string of the molecule is NC[C@@H]1COCc2c(-c3ccc4c(c3)OCO4)nnn2C1. The Balaban J connectivity index is 1.72. The molecule has 0 aliphatic carbocycles. The fourth-order valence-corrected chi connectivity index (χ4v) is 2.65. The summed E-state index contributed by atoms with van der Waals surface area (Å²) in [7, 11) is 0. The highest BCUT2D eigenvalue weighted by atomic mass is 16.7. The van der Waals surface area contributed by atoms with Crippen molar-refractivity contribution in [1.29, 1.82) is 0 Å². The van der Waals surface area contributed by atoms with Crippen molar-refractivity contribution in [3.8, 4) is 22.8 Å². The van der Waals surface area contributed by atoms with Gasteiger partial charge in [-0.15, -0.1) is 5.10 Å². The highest BCUT2D eigenvalue weighted by molar-refractivity contribution is 5.66. The lowest BCUT2D eigenvalue weighted by Gasteiger charge is -2.09. The zero-order chi connectivity index (χ0) is 14.2. The van der Waals surface area contributed by atoms with E-state index >= 15 is 0 Å². The molecule has 0 radical (unpaired) electrons. The Kier molecular flexibility index (Phi) is 3.01. The van der Waals surface area contributed by atoms with E-state index in [1.165, 1.54) is 0 Å². The van der Waals surface area contributed by atoms with Crippen molar-refractivity contribution >= 4 is 0 Å². The van der Waals surface area contributed by atoms with Crippen LogP contribution in [0.2, 0.25) is 0 Å². The zero-order valence-corrected chi connectivity index (χ0v) is 11.5. The number of aromatic nitrogens is 3. The predicted octanol–water partition coefficient (Wildman–Crippen LogP) is 0.779. The van der Waals surface area contributed by atoms with E-state index in [1.807, 2.05) is 22.9 Å². The van der Waals surface area contributed by atoms with Gasteiger partial charge in [-0.1, -0.05) is 5.21 Å². The first kappa shape index (κ1) is 12.6. The van der Waals surface area contributed by atoms with Crippen molar-refractivity contribution in [3.63, 3.8) is 0 Å². The topological polar surface area (TPSA) is 84.4 Å². The molecule has 1 aromatic carbocycles. The lowest BCUT2D eigenvalue weighted by atomic mass is 10.1. The van der Waals surface area contributed by atoms with Crippen molar-refractivity contribution in [2.45, 2.75) is 13.2 Å². The molecule has 2 aliphatic rings. The third-order valence-corrected chi connectivity index (χ3v) is 3.84. The molecule has 4 rings (SSSR count). The van der Waals surface area contributed by atoms with Crippen LogP contribution in [0.1, 0.15) is 5.69 Å². The summed E-state index contributed by atoms with van der Waals surface area (Å²) in [6.45, 7) is 2.73. The van der Waals surface area contributed by atoms with Gasteiger partial charge in [-0.3, -0.25) is 0 Å². The second-order valence-electron chi connectivity index (χ2n) is 5.25. The van der Waals surface area contributed by atoms with Crippen LogP contribution in [0.5, 0.6) is 11.5 Å². The van der Waals surface area contributed by atoms with Crippen LogP contribution in [0.25, 0.3) is 11.3 Å². The Morgan fingerprint density at radius 1 is 1.29 bits per heavy atom. The van der Waals surface area contributed by atoms with Gasteiger partial charge in [-0.05, 0) is 24.7 Å². The first-order valence-electron chi connectivity index (χ1n) is 6.95. The molecule has 0 fully saturated rings. The van der Waals surface area contributed by atoms with Crippen LogP contribution in [-0.2, 0) is 17.9 Å².